The summed E-state index contributed by atoms with van der Waals surface area (Å²) in [5, 5.41) is 0. The molecule has 0 aliphatic rings. The lowest BCUT2D eigenvalue weighted by Gasteiger charge is -2.05. The van der Waals surface area contributed by atoms with Gasteiger partial charge in [-0.2, -0.15) is 0 Å². The van der Waals surface area contributed by atoms with Gasteiger partial charge in [-0.15, -0.1) is 0 Å². The van der Waals surface area contributed by atoms with Gasteiger partial charge in [0.2, 0.25) is 6.79 Å². The molecule has 0 aromatic carbocycles. The summed E-state index contributed by atoms with van der Waals surface area (Å²) in [6, 6.07) is 0. The van der Waals surface area contributed by atoms with E-state index in [9.17, 15) is 0 Å². The highest BCUT2D eigenvalue weighted by atomic mass is 17.3. The third kappa shape index (κ3) is 13.8. The Labute approximate surface area is 90.2 Å². The van der Waals surface area contributed by atoms with Crippen molar-refractivity contribution in [2.75, 3.05) is 46.4 Å². The zero-order chi connectivity index (χ0) is 11.2. The Kier molecular flexibility index (Phi) is 13.5. The van der Waals surface area contributed by atoms with Crippen molar-refractivity contribution in [1.29, 1.82) is 0 Å². The molecule has 0 aromatic heterocycles. The largest absolute Gasteiger partial charge is 0.379 e. The monoisotopic (exact) mass is 224 g/mol. The quantitative estimate of drug-likeness (QED) is 0.212. The second-order valence-corrected chi connectivity index (χ2v) is 2.39. The van der Waals surface area contributed by atoms with E-state index in [1.54, 1.807) is 0 Å². The lowest BCUT2D eigenvalue weighted by Crippen LogP contribution is -2.09. The molecular formula is C9H20O6. The first-order valence-electron chi connectivity index (χ1n) is 5.06. The first kappa shape index (κ1) is 14.8. The van der Waals surface area contributed by atoms with Gasteiger partial charge in [0, 0.05) is 13.2 Å². The first-order chi connectivity index (χ1) is 7.41. The van der Waals surface area contributed by atoms with Crippen LogP contribution < -0.4 is 0 Å². The van der Waals surface area contributed by atoms with Crippen molar-refractivity contribution in [2.45, 2.75) is 13.8 Å². The minimum absolute atomic E-state index is 0.0712. The molecule has 0 radical (unpaired) electrons. The van der Waals surface area contributed by atoms with Gasteiger partial charge in [-0.3, -0.25) is 0 Å². The van der Waals surface area contributed by atoms with Gasteiger partial charge >= 0.3 is 0 Å². The predicted molar refractivity (Wildman–Crippen MR) is 51.9 cm³/mol. The molecule has 0 amide bonds. The van der Waals surface area contributed by atoms with E-state index < -0.39 is 0 Å². The molecule has 15 heavy (non-hydrogen) atoms. The Hall–Kier alpha value is -0.240. The molecule has 0 bridgehead atoms. The SMILES string of the molecule is CCOCCOOCOOCCOCC. The van der Waals surface area contributed by atoms with Crippen molar-refractivity contribution in [1.82, 2.24) is 0 Å². The normalized spacial score (nSPS) is 10.8. The van der Waals surface area contributed by atoms with E-state index in [0.29, 0.717) is 39.6 Å². The molecule has 0 N–H and O–H groups in total. The molecule has 6 nitrogen and oxygen atoms in total. The summed E-state index contributed by atoms with van der Waals surface area (Å²) in [5.41, 5.74) is 0. The van der Waals surface area contributed by atoms with Gasteiger partial charge in [0.05, 0.1) is 13.2 Å². The van der Waals surface area contributed by atoms with Crippen LogP contribution in [0.4, 0.5) is 0 Å². The third-order valence-electron chi connectivity index (χ3n) is 1.29. The van der Waals surface area contributed by atoms with Crippen LogP contribution in [0.15, 0.2) is 0 Å². The van der Waals surface area contributed by atoms with Crippen LogP contribution in [0.2, 0.25) is 0 Å². The first-order valence-corrected chi connectivity index (χ1v) is 5.06. The Bertz CT molecular complexity index is 98.8. The molecule has 0 saturated heterocycles. The van der Waals surface area contributed by atoms with Gasteiger partial charge < -0.3 is 9.47 Å². The van der Waals surface area contributed by atoms with Gasteiger partial charge in [0.25, 0.3) is 0 Å². The van der Waals surface area contributed by atoms with E-state index in [2.05, 4.69) is 9.78 Å². The molecule has 0 atom stereocenters. The fraction of sp³-hybridized carbons (Fsp3) is 1.00. The van der Waals surface area contributed by atoms with E-state index in [4.69, 9.17) is 19.2 Å². The van der Waals surface area contributed by atoms with E-state index in [1.165, 1.54) is 0 Å². The summed E-state index contributed by atoms with van der Waals surface area (Å²) in [6.45, 7) is 6.83. The molecule has 0 rings (SSSR count). The third-order valence-corrected chi connectivity index (χ3v) is 1.29. The second-order valence-electron chi connectivity index (χ2n) is 2.39. The van der Waals surface area contributed by atoms with E-state index in [1.807, 2.05) is 13.8 Å². The van der Waals surface area contributed by atoms with Crippen LogP contribution in [0.5, 0.6) is 0 Å². The average Bonchev–Trinajstić information content (AvgIpc) is 2.26. The topological polar surface area (TPSA) is 55.4 Å². The number of hydrogen-bond acceptors (Lipinski definition) is 6. The summed E-state index contributed by atoms with van der Waals surface area (Å²) in [7, 11) is 0. The maximum atomic E-state index is 5.01. The molecular weight excluding hydrogens is 204 g/mol. The molecule has 92 valence electrons. The minimum Gasteiger partial charge on any atom is -0.379 e. The Morgan fingerprint density at radius 1 is 0.600 bits per heavy atom. The van der Waals surface area contributed by atoms with Crippen LogP contribution in [0.1, 0.15) is 13.8 Å². The molecule has 0 aliphatic carbocycles. The molecule has 0 spiro atoms. The highest BCUT2D eigenvalue weighted by Gasteiger charge is 1.91. The average molecular weight is 224 g/mol. The zero-order valence-corrected chi connectivity index (χ0v) is 9.40. The Morgan fingerprint density at radius 2 is 1.07 bits per heavy atom. The smallest absolute Gasteiger partial charge is 0.214 e. The highest BCUT2D eigenvalue weighted by molar-refractivity contribution is 4.21. The van der Waals surface area contributed by atoms with Gasteiger partial charge in [-0.25, -0.2) is 19.6 Å². The van der Waals surface area contributed by atoms with Crippen molar-refractivity contribution in [2.24, 2.45) is 0 Å². The second kappa shape index (κ2) is 13.8. The molecule has 0 aliphatic heterocycles. The van der Waals surface area contributed by atoms with Crippen LogP contribution in [0.25, 0.3) is 0 Å². The minimum atomic E-state index is -0.0712. The molecule has 0 heterocycles. The maximum Gasteiger partial charge on any atom is 0.214 e. The molecule has 0 fully saturated rings. The van der Waals surface area contributed by atoms with E-state index >= 15 is 0 Å². The summed E-state index contributed by atoms with van der Waals surface area (Å²) in [6.07, 6.45) is 0. The maximum absolute atomic E-state index is 5.01. The van der Waals surface area contributed by atoms with Crippen LogP contribution in [0.3, 0.4) is 0 Å². The van der Waals surface area contributed by atoms with Crippen molar-refractivity contribution >= 4 is 0 Å². The molecule has 0 aromatic rings. The zero-order valence-electron chi connectivity index (χ0n) is 9.40. The standard InChI is InChI=1S/C9H20O6/c1-3-10-5-7-12-14-9-15-13-8-6-11-4-2/h3-9H2,1-2H3. The van der Waals surface area contributed by atoms with Crippen LogP contribution in [-0.4, -0.2) is 46.4 Å². The summed E-state index contributed by atoms with van der Waals surface area (Å²) in [4.78, 5) is 18.6. The van der Waals surface area contributed by atoms with Crippen LogP contribution in [0, 0.1) is 0 Å². The highest BCUT2D eigenvalue weighted by Crippen LogP contribution is 1.85. The fourth-order valence-electron chi connectivity index (χ4n) is 0.680. The van der Waals surface area contributed by atoms with Gasteiger partial charge in [-0.1, -0.05) is 0 Å². The summed E-state index contributed by atoms with van der Waals surface area (Å²) >= 11 is 0. The van der Waals surface area contributed by atoms with Gasteiger partial charge in [-0.05, 0) is 13.8 Å². The Morgan fingerprint density at radius 3 is 1.47 bits per heavy atom. The number of ether oxygens (including phenoxy) is 2. The lowest BCUT2D eigenvalue weighted by atomic mass is 10.7. The lowest BCUT2D eigenvalue weighted by molar-refractivity contribution is -0.420. The Balaban J connectivity index is 2.81. The molecule has 0 saturated carbocycles. The molecule has 6 heteroatoms. The van der Waals surface area contributed by atoms with Crippen LogP contribution >= 0.6 is 0 Å². The van der Waals surface area contributed by atoms with Crippen molar-refractivity contribution in [3.8, 4) is 0 Å². The van der Waals surface area contributed by atoms with Crippen LogP contribution in [-0.2, 0) is 29.0 Å². The van der Waals surface area contributed by atoms with Gasteiger partial charge in [0.15, 0.2) is 0 Å². The fourth-order valence-corrected chi connectivity index (χ4v) is 0.680. The van der Waals surface area contributed by atoms with Crippen molar-refractivity contribution in [3.63, 3.8) is 0 Å². The predicted octanol–water partition coefficient (Wildman–Crippen LogP) is 0.913. The van der Waals surface area contributed by atoms with E-state index in [0.717, 1.165) is 0 Å². The van der Waals surface area contributed by atoms with E-state index in [-0.39, 0.29) is 6.79 Å². The summed E-state index contributed by atoms with van der Waals surface area (Å²) in [5.74, 6) is 0. The van der Waals surface area contributed by atoms with Crippen molar-refractivity contribution < 1.29 is 29.0 Å². The summed E-state index contributed by atoms with van der Waals surface area (Å²) < 4.78 is 10.0. The van der Waals surface area contributed by atoms with Crippen molar-refractivity contribution in [3.05, 3.63) is 0 Å². The number of hydrogen-bond donors (Lipinski definition) is 0. The van der Waals surface area contributed by atoms with Gasteiger partial charge in [0.1, 0.15) is 13.2 Å². The number of rotatable bonds is 12. The molecule has 0 unspecified atom stereocenters.